The molecule has 1 heterocycles. The van der Waals surface area contributed by atoms with Gasteiger partial charge in [-0.3, -0.25) is 4.79 Å². The highest BCUT2D eigenvalue weighted by molar-refractivity contribution is 5.93. The van der Waals surface area contributed by atoms with Crippen LogP contribution in [-0.2, 0) is 4.79 Å². The largest absolute Gasteiger partial charge is 0.493 e. The Morgan fingerprint density at radius 2 is 2.04 bits per heavy atom. The van der Waals surface area contributed by atoms with Crippen LogP contribution in [0.25, 0.3) is 0 Å². The molecule has 1 aromatic carbocycles. The van der Waals surface area contributed by atoms with Crippen LogP contribution in [0.4, 0.5) is 11.5 Å². The number of aryl methyl sites for hydroxylation is 2. The number of hydrogen-bond donors (Lipinski definition) is 1. The summed E-state index contributed by atoms with van der Waals surface area (Å²) in [4.78, 5) is 18.2. The van der Waals surface area contributed by atoms with Crippen molar-refractivity contribution < 1.29 is 9.53 Å². The Hall–Kier alpha value is -2.56. The predicted octanol–water partition coefficient (Wildman–Crippen LogP) is 3.17. The van der Waals surface area contributed by atoms with Crippen LogP contribution in [0, 0.1) is 13.8 Å². The number of carbonyl (C=O) groups is 1. The summed E-state index contributed by atoms with van der Waals surface area (Å²) < 4.78 is 5.69. The zero-order valence-corrected chi connectivity index (χ0v) is 14.1. The smallest absolute Gasteiger partial charge is 0.227 e. The van der Waals surface area contributed by atoms with Gasteiger partial charge in [-0.1, -0.05) is 17.7 Å². The average molecular weight is 313 g/mol. The molecule has 2 rings (SSSR count). The summed E-state index contributed by atoms with van der Waals surface area (Å²) in [6.07, 6.45) is 1.99. The second kappa shape index (κ2) is 7.63. The number of nitrogens with one attached hydrogen (secondary N) is 1. The molecular weight excluding hydrogens is 290 g/mol. The Labute approximate surface area is 137 Å². The summed E-state index contributed by atoms with van der Waals surface area (Å²) in [6.45, 7) is 4.38. The third-order valence-electron chi connectivity index (χ3n) is 3.40. The Balaban J connectivity index is 1.88. The van der Waals surface area contributed by atoms with E-state index in [0.29, 0.717) is 12.3 Å². The number of rotatable bonds is 6. The monoisotopic (exact) mass is 313 g/mol. The molecule has 122 valence electrons. The van der Waals surface area contributed by atoms with Gasteiger partial charge in [0.15, 0.2) is 5.82 Å². The molecular formula is C18H23N3O2. The predicted molar refractivity (Wildman–Crippen MR) is 93.2 cm³/mol. The van der Waals surface area contributed by atoms with Crippen molar-refractivity contribution >= 4 is 17.4 Å². The minimum atomic E-state index is -0.0918. The number of amides is 1. The number of aromatic nitrogens is 1. The molecule has 0 aliphatic carbocycles. The van der Waals surface area contributed by atoms with Gasteiger partial charge in [0, 0.05) is 20.3 Å². The normalized spacial score (nSPS) is 10.3. The minimum Gasteiger partial charge on any atom is -0.493 e. The molecule has 1 aromatic heterocycles. The number of hydrogen-bond acceptors (Lipinski definition) is 4. The first-order chi connectivity index (χ1) is 11.0. The Morgan fingerprint density at radius 3 is 2.74 bits per heavy atom. The van der Waals surface area contributed by atoms with Crippen molar-refractivity contribution in [3.8, 4) is 5.75 Å². The number of pyridine rings is 1. The molecule has 0 bridgehead atoms. The maximum absolute atomic E-state index is 12.1. The molecule has 0 fully saturated rings. The quantitative estimate of drug-likeness (QED) is 0.890. The standard InChI is InChI=1S/C18H23N3O2/c1-13-7-8-16(14(2)12-13)23-11-9-17(22)20-15-6-5-10-19-18(15)21(3)4/h5-8,10,12H,9,11H2,1-4H3,(H,20,22). The second-order valence-corrected chi connectivity index (χ2v) is 5.68. The van der Waals surface area contributed by atoms with E-state index >= 15 is 0 Å². The molecule has 1 N–H and O–H groups in total. The first-order valence-corrected chi connectivity index (χ1v) is 7.59. The molecule has 0 unspecified atom stereocenters. The number of anilines is 2. The molecule has 0 radical (unpaired) electrons. The molecule has 0 saturated carbocycles. The summed E-state index contributed by atoms with van der Waals surface area (Å²) >= 11 is 0. The lowest BCUT2D eigenvalue weighted by atomic mass is 10.1. The molecule has 0 aliphatic heterocycles. The Kier molecular flexibility index (Phi) is 5.57. The van der Waals surface area contributed by atoms with Gasteiger partial charge in [-0.25, -0.2) is 4.98 Å². The molecule has 0 aliphatic rings. The van der Waals surface area contributed by atoms with Crippen molar-refractivity contribution in [1.29, 1.82) is 0 Å². The highest BCUT2D eigenvalue weighted by Crippen LogP contribution is 2.21. The topological polar surface area (TPSA) is 54.5 Å². The molecule has 0 spiro atoms. The summed E-state index contributed by atoms with van der Waals surface area (Å²) in [6, 6.07) is 9.64. The molecule has 23 heavy (non-hydrogen) atoms. The number of benzene rings is 1. The van der Waals surface area contributed by atoms with Crippen molar-refractivity contribution in [2.24, 2.45) is 0 Å². The number of carbonyl (C=O) groups excluding carboxylic acids is 1. The molecule has 0 saturated heterocycles. The lowest BCUT2D eigenvalue weighted by Gasteiger charge is -2.16. The summed E-state index contributed by atoms with van der Waals surface area (Å²) in [7, 11) is 3.78. The minimum absolute atomic E-state index is 0.0918. The first kappa shape index (κ1) is 16.8. The van der Waals surface area contributed by atoms with Crippen LogP contribution in [0.5, 0.6) is 5.75 Å². The van der Waals surface area contributed by atoms with Crippen LogP contribution in [0.2, 0.25) is 0 Å². The van der Waals surface area contributed by atoms with Crippen molar-refractivity contribution in [1.82, 2.24) is 4.98 Å². The van der Waals surface area contributed by atoms with Crippen LogP contribution in [-0.4, -0.2) is 31.6 Å². The van der Waals surface area contributed by atoms with Crippen molar-refractivity contribution in [3.05, 3.63) is 47.7 Å². The van der Waals surface area contributed by atoms with E-state index in [1.807, 2.05) is 51.0 Å². The first-order valence-electron chi connectivity index (χ1n) is 7.59. The van der Waals surface area contributed by atoms with E-state index in [1.165, 1.54) is 5.56 Å². The van der Waals surface area contributed by atoms with Gasteiger partial charge >= 0.3 is 0 Å². The van der Waals surface area contributed by atoms with E-state index in [1.54, 1.807) is 12.3 Å². The second-order valence-electron chi connectivity index (χ2n) is 5.68. The van der Waals surface area contributed by atoms with E-state index in [4.69, 9.17) is 4.74 Å². The molecule has 0 atom stereocenters. The van der Waals surface area contributed by atoms with Gasteiger partial charge in [-0.05, 0) is 37.6 Å². The van der Waals surface area contributed by atoms with Crippen LogP contribution in [0.3, 0.4) is 0 Å². The third-order valence-corrected chi connectivity index (χ3v) is 3.40. The van der Waals surface area contributed by atoms with Gasteiger partial charge in [0.1, 0.15) is 5.75 Å². The molecule has 1 amide bonds. The zero-order valence-electron chi connectivity index (χ0n) is 14.1. The molecule has 2 aromatic rings. The summed E-state index contributed by atoms with van der Waals surface area (Å²) in [5.41, 5.74) is 2.97. The Bertz CT molecular complexity index is 684. The fraction of sp³-hybridized carbons (Fsp3) is 0.333. The fourth-order valence-corrected chi connectivity index (χ4v) is 2.28. The van der Waals surface area contributed by atoms with E-state index in [-0.39, 0.29) is 12.3 Å². The highest BCUT2D eigenvalue weighted by atomic mass is 16.5. The van der Waals surface area contributed by atoms with Crippen LogP contribution >= 0.6 is 0 Å². The van der Waals surface area contributed by atoms with E-state index in [2.05, 4.69) is 16.4 Å². The van der Waals surface area contributed by atoms with E-state index < -0.39 is 0 Å². The summed E-state index contributed by atoms with van der Waals surface area (Å²) in [5.74, 6) is 1.46. The highest BCUT2D eigenvalue weighted by Gasteiger charge is 2.09. The van der Waals surface area contributed by atoms with Crippen LogP contribution < -0.4 is 15.0 Å². The van der Waals surface area contributed by atoms with Gasteiger partial charge in [-0.15, -0.1) is 0 Å². The fourth-order valence-electron chi connectivity index (χ4n) is 2.28. The number of ether oxygens (including phenoxy) is 1. The SMILES string of the molecule is Cc1ccc(OCCC(=O)Nc2cccnc2N(C)C)c(C)c1. The van der Waals surface area contributed by atoms with E-state index in [0.717, 1.165) is 17.1 Å². The van der Waals surface area contributed by atoms with Gasteiger partial charge in [0.05, 0.1) is 18.7 Å². The van der Waals surface area contributed by atoms with Gasteiger partial charge in [-0.2, -0.15) is 0 Å². The third kappa shape index (κ3) is 4.71. The van der Waals surface area contributed by atoms with Gasteiger partial charge in [0.25, 0.3) is 0 Å². The van der Waals surface area contributed by atoms with Gasteiger partial charge in [0.2, 0.25) is 5.91 Å². The maximum Gasteiger partial charge on any atom is 0.227 e. The van der Waals surface area contributed by atoms with Crippen molar-refractivity contribution in [2.75, 3.05) is 30.9 Å². The molecule has 5 heteroatoms. The average Bonchev–Trinajstić information content (AvgIpc) is 2.50. The maximum atomic E-state index is 12.1. The van der Waals surface area contributed by atoms with Crippen LogP contribution in [0.1, 0.15) is 17.5 Å². The van der Waals surface area contributed by atoms with Crippen molar-refractivity contribution in [3.63, 3.8) is 0 Å². The Morgan fingerprint density at radius 1 is 1.26 bits per heavy atom. The number of nitrogens with zero attached hydrogens (tertiary/aromatic N) is 2. The summed E-state index contributed by atoms with van der Waals surface area (Å²) in [5, 5.41) is 2.88. The van der Waals surface area contributed by atoms with Gasteiger partial charge < -0.3 is 15.0 Å². The molecule has 5 nitrogen and oxygen atoms in total. The van der Waals surface area contributed by atoms with Crippen LogP contribution in [0.15, 0.2) is 36.5 Å². The van der Waals surface area contributed by atoms with E-state index in [9.17, 15) is 4.79 Å². The zero-order chi connectivity index (χ0) is 16.8. The lowest BCUT2D eigenvalue weighted by Crippen LogP contribution is -2.19. The van der Waals surface area contributed by atoms with Crippen molar-refractivity contribution in [2.45, 2.75) is 20.3 Å². The lowest BCUT2D eigenvalue weighted by molar-refractivity contribution is -0.116.